The lowest BCUT2D eigenvalue weighted by Crippen LogP contribution is -2.39. The van der Waals surface area contributed by atoms with Crippen molar-refractivity contribution in [2.75, 3.05) is 12.0 Å². The number of carbonyl (C=O) groups is 1. The number of anilines is 1. The first kappa shape index (κ1) is 10.8. The Balaban J connectivity index is 1.82. The fraction of sp³-hybridized carbons (Fsp3) is 0.231. The predicted octanol–water partition coefficient (Wildman–Crippen LogP) is 1.45. The molecule has 1 aliphatic rings. The Labute approximate surface area is 105 Å². The molecule has 5 heteroatoms. The summed E-state index contributed by atoms with van der Waals surface area (Å²) in [4.78, 5) is 14.1. The van der Waals surface area contributed by atoms with Crippen molar-refractivity contribution < 1.29 is 4.79 Å². The van der Waals surface area contributed by atoms with Crippen LogP contribution in [0, 0.1) is 0 Å². The van der Waals surface area contributed by atoms with E-state index in [1.807, 2.05) is 37.5 Å². The minimum absolute atomic E-state index is 0.0632. The number of rotatable bonds is 2. The highest BCUT2D eigenvalue weighted by Crippen LogP contribution is 2.22. The molecule has 18 heavy (non-hydrogen) atoms. The number of nitrogens with one attached hydrogen (secondary N) is 1. The number of para-hydroxylation sites is 1. The molecule has 0 bridgehead atoms. The number of amides is 1. The number of aryl methyl sites for hydroxylation is 1. The summed E-state index contributed by atoms with van der Waals surface area (Å²) in [6, 6.07) is 7.58. The van der Waals surface area contributed by atoms with Gasteiger partial charge >= 0.3 is 0 Å². The molecule has 0 atom stereocenters. The Kier molecular flexibility index (Phi) is 2.51. The van der Waals surface area contributed by atoms with E-state index < -0.39 is 0 Å². The monoisotopic (exact) mass is 242 g/mol. The number of hydrogen-bond donors (Lipinski definition) is 1. The fourth-order valence-corrected chi connectivity index (χ4v) is 2.15. The normalized spacial score (nSPS) is 14.3. The van der Waals surface area contributed by atoms with E-state index in [9.17, 15) is 4.79 Å². The highest BCUT2D eigenvalue weighted by Gasteiger charge is 2.23. The molecule has 3 rings (SSSR count). The summed E-state index contributed by atoms with van der Waals surface area (Å²) in [5.41, 5.74) is 2.67. The first-order valence-electron chi connectivity index (χ1n) is 5.84. The van der Waals surface area contributed by atoms with E-state index in [1.165, 1.54) is 0 Å². The molecule has 0 saturated carbocycles. The van der Waals surface area contributed by atoms with Gasteiger partial charge in [0.05, 0.1) is 25.0 Å². The summed E-state index contributed by atoms with van der Waals surface area (Å²) in [6.45, 7) is 1.11. The van der Waals surface area contributed by atoms with Crippen molar-refractivity contribution in [2.45, 2.75) is 6.54 Å². The van der Waals surface area contributed by atoms with Gasteiger partial charge < -0.3 is 10.2 Å². The number of fused-ring (bicyclic) bond motifs is 1. The third-order valence-corrected chi connectivity index (χ3v) is 3.04. The summed E-state index contributed by atoms with van der Waals surface area (Å²) < 4.78 is 1.74. The van der Waals surface area contributed by atoms with Crippen LogP contribution in [-0.4, -0.2) is 27.3 Å². The van der Waals surface area contributed by atoms with E-state index in [2.05, 4.69) is 10.4 Å². The minimum atomic E-state index is 0.0632. The summed E-state index contributed by atoms with van der Waals surface area (Å²) in [5.74, 6) is 0.0632. The van der Waals surface area contributed by atoms with E-state index in [4.69, 9.17) is 0 Å². The quantitative estimate of drug-likeness (QED) is 0.867. The Morgan fingerprint density at radius 3 is 3.00 bits per heavy atom. The van der Waals surface area contributed by atoms with Crippen LogP contribution < -0.4 is 5.32 Å². The maximum atomic E-state index is 12.3. The minimum Gasteiger partial charge on any atom is -0.367 e. The van der Waals surface area contributed by atoms with Crippen LogP contribution in [0.1, 0.15) is 15.9 Å². The van der Waals surface area contributed by atoms with Crippen molar-refractivity contribution in [1.82, 2.24) is 14.7 Å². The van der Waals surface area contributed by atoms with Crippen LogP contribution in [0.4, 0.5) is 5.69 Å². The standard InChI is InChI=1S/C13H14N4O/c1-16-7-10(6-15-16)8-17-9-14-12-5-3-2-4-11(12)13(17)18/h2-7,14H,8-9H2,1H3. The zero-order valence-corrected chi connectivity index (χ0v) is 10.1. The number of carbonyl (C=O) groups excluding carboxylic acids is 1. The number of benzene rings is 1. The molecule has 0 fully saturated rings. The average Bonchev–Trinajstić information content (AvgIpc) is 2.79. The van der Waals surface area contributed by atoms with E-state index in [0.29, 0.717) is 13.2 Å². The SMILES string of the molecule is Cn1cc(CN2CNc3ccccc3C2=O)cn1. The van der Waals surface area contributed by atoms with E-state index >= 15 is 0 Å². The second-order valence-electron chi connectivity index (χ2n) is 4.41. The van der Waals surface area contributed by atoms with Crippen LogP contribution in [0.15, 0.2) is 36.7 Å². The first-order valence-corrected chi connectivity index (χ1v) is 5.84. The third kappa shape index (κ3) is 1.84. The van der Waals surface area contributed by atoms with Crippen molar-refractivity contribution in [3.63, 3.8) is 0 Å². The van der Waals surface area contributed by atoms with Crippen molar-refractivity contribution in [3.05, 3.63) is 47.8 Å². The van der Waals surface area contributed by atoms with Gasteiger partial charge in [-0.1, -0.05) is 12.1 Å². The molecule has 2 heterocycles. The molecular formula is C13H14N4O. The molecule has 0 unspecified atom stereocenters. The van der Waals surface area contributed by atoms with Crippen molar-refractivity contribution >= 4 is 11.6 Å². The van der Waals surface area contributed by atoms with Gasteiger partial charge in [0, 0.05) is 24.5 Å². The Hall–Kier alpha value is -2.30. The van der Waals surface area contributed by atoms with Crippen LogP contribution >= 0.6 is 0 Å². The molecule has 1 aliphatic heterocycles. The number of aromatic nitrogens is 2. The summed E-state index contributed by atoms with van der Waals surface area (Å²) in [7, 11) is 1.87. The molecule has 1 N–H and O–H groups in total. The lowest BCUT2D eigenvalue weighted by molar-refractivity contribution is 0.0746. The topological polar surface area (TPSA) is 50.2 Å². The van der Waals surface area contributed by atoms with Crippen molar-refractivity contribution in [3.8, 4) is 0 Å². The van der Waals surface area contributed by atoms with Gasteiger partial charge in [0.15, 0.2) is 0 Å². The molecule has 1 aromatic carbocycles. The summed E-state index contributed by atoms with van der Waals surface area (Å²) >= 11 is 0. The maximum Gasteiger partial charge on any atom is 0.257 e. The van der Waals surface area contributed by atoms with E-state index in [0.717, 1.165) is 16.8 Å². The molecule has 0 aliphatic carbocycles. The van der Waals surface area contributed by atoms with Gasteiger partial charge in [-0.15, -0.1) is 0 Å². The van der Waals surface area contributed by atoms with Crippen molar-refractivity contribution in [1.29, 1.82) is 0 Å². The van der Waals surface area contributed by atoms with E-state index in [-0.39, 0.29) is 5.91 Å². The first-order chi connectivity index (χ1) is 8.74. The highest BCUT2D eigenvalue weighted by atomic mass is 16.2. The van der Waals surface area contributed by atoms with Gasteiger partial charge in [-0.3, -0.25) is 9.48 Å². The molecule has 1 aromatic heterocycles. The van der Waals surface area contributed by atoms with Gasteiger partial charge in [-0.2, -0.15) is 5.10 Å². The van der Waals surface area contributed by atoms with Gasteiger partial charge in [-0.05, 0) is 12.1 Å². The van der Waals surface area contributed by atoms with Crippen LogP contribution in [0.25, 0.3) is 0 Å². The van der Waals surface area contributed by atoms with Crippen LogP contribution in [0.2, 0.25) is 0 Å². The second-order valence-corrected chi connectivity index (χ2v) is 4.41. The van der Waals surface area contributed by atoms with Crippen molar-refractivity contribution in [2.24, 2.45) is 7.05 Å². The van der Waals surface area contributed by atoms with Gasteiger partial charge in [-0.25, -0.2) is 0 Å². The lowest BCUT2D eigenvalue weighted by Gasteiger charge is -2.29. The molecule has 92 valence electrons. The smallest absolute Gasteiger partial charge is 0.257 e. The number of hydrogen-bond acceptors (Lipinski definition) is 3. The Bertz CT molecular complexity index is 590. The van der Waals surface area contributed by atoms with Gasteiger partial charge in [0.2, 0.25) is 0 Å². The van der Waals surface area contributed by atoms with Gasteiger partial charge in [0.25, 0.3) is 5.91 Å². The molecule has 0 radical (unpaired) electrons. The second kappa shape index (κ2) is 4.18. The average molecular weight is 242 g/mol. The van der Waals surface area contributed by atoms with Crippen LogP contribution in [0.3, 0.4) is 0 Å². The fourth-order valence-electron chi connectivity index (χ4n) is 2.15. The lowest BCUT2D eigenvalue weighted by atomic mass is 10.1. The highest BCUT2D eigenvalue weighted by molar-refractivity contribution is 6.01. The molecule has 0 spiro atoms. The zero-order valence-electron chi connectivity index (χ0n) is 10.1. The maximum absolute atomic E-state index is 12.3. The Morgan fingerprint density at radius 1 is 1.39 bits per heavy atom. The number of nitrogens with zero attached hydrogens (tertiary/aromatic N) is 3. The van der Waals surface area contributed by atoms with Gasteiger partial charge in [0.1, 0.15) is 0 Å². The molecule has 2 aromatic rings. The zero-order chi connectivity index (χ0) is 12.5. The Morgan fingerprint density at radius 2 is 2.22 bits per heavy atom. The van der Waals surface area contributed by atoms with Crippen LogP contribution in [-0.2, 0) is 13.6 Å². The molecule has 5 nitrogen and oxygen atoms in total. The largest absolute Gasteiger partial charge is 0.367 e. The molecule has 0 saturated heterocycles. The predicted molar refractivity (Wildman–Crippen MR) is 68.0 cm³/mol. The van der Waals surface area contributed by atoms with Crippen LogP contribution in [0.5, 0.6) is 0 Å². The molecular weight excluding hydrogens is 228 g/mol. The summed E-state index contributed by atoms with van der Waals surface area (Å²) in [5, 5.41) is 7.36. The third-order valence-electron chi connectivity index (χ3n) is 3.04. The molecule has 1 amide bonds. The van der Waals surface area contributed by atoms with E-state index in [1.54, 1.807) is 15.8 Å². The summed E-state index contributed by atoms with van der Waals surface area (Å²) in [6.07, 6.45) is 3.71.